The first-order valence-electron chi connectivity index (χ1n) is 6.78. The van der Waals surface area contributed by atoms with Crippen molar-refractivity contribution in [2.24, 2.45) is 0 Å². The van der Waals surface area contributed by atoms with Crippen LogP contribution in [0.15, 0.2) is 18.2 Å². The third-order valence-corrected chi connectivity index (χ3v) is 3.84. The van der Waals surface area contributed by atoms with Crippen LogP contribution in [0.5, 0.6) is 11.5 Å². The van der Waals surface area contributed by atoms with E-state index in [9.17, 15) is 5.11 Å². The summed E-state index contributed by atoms with van der Waals surface area (Å²) in [5.74, 6) is 1.59. The van der Waals surface area contributed by atoms with Gasteiger partial charge in [-0.2, -0.15) is 0 Å². The molecule has 2 heterocycles. The molecule has 2 N–H and O–H groups in total. The van der Waals surface area contributed by atoms with Gasteiger partial charge >= 0.3 is 0 Å². The molecule has 0 saturated carbocycles. The van der Waals surface area contributed by atoms with E-state index in [0.717, 1.165) is 36.7 Å². The van der Waals surface area contributed by atoms with E-state index in [1.807, 2.05) is 18.2 Å². The second-order valence-corrected chi connectivity index (χ2v) is 5.17. The summed E-state index contributed by atoms with van der Waals surface area (Å²) < 4.78 is 10.8. The van der Waals surface area contributed by atoms with E-state index in [4.69, 9.17) is 9.47 Å². The van der Waals surface area contributed by atoms with Gasteiger partial charge in [-0.1, -0.05) is 0 Å². The van der Waals surface area contributed by atoms with E-state index >= 15 is 0 Å². The van der Waals surface area contributed by atoms with Crippen LogP contribution in [0.4, 0.5) is 5.69 Å². The normalized spacial score (nSPS) is 26.3. The minimum atomic E-state index is 0.102. The van der Waals surface area contributed by atoms with Gasteiger partial charge in [0.25, 0.3) is 0 Å². The average molecular weight is 264 g/mol. The zero-order valence-electron chi connectivity index (χ0n) is 11.1. The number of hydrogen-bond acceptors (Lipinski definition) is 5. The molecular formula is C14H20N2O3. The van der Waals surface area contributed by atoms with Crippen molar-refractivity contribution in [3.05, 3.63) is 18.2 Å². The summed E-state index contributed by atoms with van der Waals surface area (Å²) in [7, 11) is 0. The SMILES string of the molecule is CC1CCN(c2ccc3c(c2)OCO3)C(CO)CN1. The Bertz CT molecular complexity index is 452. The molecule has 5 nitrogen and oxygen atoms in total. The summed E-state index contributed by atoms with van der Waals surface area (Å²) in [6.07, 6.45) is 1.06. The lowest BCUT2D eigenvalue weighted by atomic mass is 10.2. The Labute approximate surface area is 113 Å². The van der Waals surface area contributed by atoms with E-state index in [0.29, 0.717) is 12.8 Å². The molecule has 2 aliphatic rings. The first-order valence-corrected chi connectivity index (χ1v) is 6.78. The molecule has 3 rings (SSSR count). The number of aliphatic hydroxyl groups is 1. The lowest BCUT2D eigenvalue weighted by Gasteiger charge is -2.30. The van der Waals surface area contributed by atoms with Crippen LogP contribution in [0, 0.1) is 0 Å². The van der Waals surface area contributed by atoms with Crippen LogP contribution in [0.1, 0.15) is 13.3 Å². The standard InChI is InChI=1S/C14H20N2O3/c1-10-4-5-16(12(8-17)7-15-10)11-2-3-13-14(6-11)19-9-18-13/h2-3,6,10,12,15,17H,4-5,7-9H2,1H3. The van der Waals surface area contributed by atoms with E-state index in [1.54, 1.807) is 0 Å². The van der Waals surface area contributed by atoms with Gasteiger partial charge in [0.2, 0.25) is 6.79 Å². The van der Waals surface area contributed by atoms with Crippen molar-refractivity contribution >= 4 is 5.69 Å². The number of aliphatic hydroxyl groups excluding tert-OH is 1. The number of benzene rings is 1. The number of anilines is 1. The highest BCUT2D eigenvalue weighted by Gasteiger charge is 2.24. The highest BCUT2D eigenvalue weighted by atomic mass is 16.7. The second kappa shape index (κ2) is 5.27. The van der Waals surface area contributed by atoms with Crippen molar-refractivity contribution in [1.82, 2.24) is 5.32 Å². The first kappa shape index (κ1) is 12.6. The van der Waals surface area contributed by atoms with Gasteiger partial charge in [0.05, 0.1) is 12.6 Å². The van der Waals surface area contributed by atoms with Crippen molar-refractivity contribution in [2.45, 2.75) is 25.4 Å². The second-order valence-electron chi connectivity index (χ2n) is 5.17. The van der Waals surface area contributed by atoms with Crippen molar-refractivity contribution in [1.29, 1.82) is 0 Å². The maximum Gasteiger partial charge on any atom is 0.231 e. The molecule has 0 radical (unpaired) electrons. The van der Waals surface area contributed by atoms with Gasteiger partial charge < -0.3 is 24.8 Å². The van der Waals surface area contributed by atoms with Crippen molar-refractivity contribution in [2.75, 3.05) is 31.4 Å². The molecule has 5 heteroatoms. The molecule has 2 aliphatic heterocycles. The van der Waals surface area contributed by atoms with E-state index in [-0.39, 0.29) is 12.6 Å². The van der Waals surface area contributed by atoms with E-state index in [2.05, 4.69) is 17.1 Å². The van der Waals surface area contributed by atoms with Gasteiger partial charge in [-0.3, -0.25) is 0 Å². The van der Waals surface area contributed by atoms with Gasteiger partial charge in [0.1, 0.15) is 0 Å². The predicted molar refractivity (Wildman–Crippen MR) is 72.9 cm³/mol. The first-order chi connectivity index (χ1) is 9.28. The molecule has 2 unspecified atom stereocenters. The molecule has 0 amide bonds. The maximum absolute atomic E-state index is 9.59. The van der Waals surface area contributed by atoms with Crippen LogP contribution in [-0.2, 0) is 0 Å². The summed E-state index contributed by atoms with van der Waals surface area (Å²) in [5, 5.41) is 13.0. The summed E-state index contributed by atoms with van der Waals surface area (Å²) in [5.41, 5.74) is 1.08. The molecule has 0 spiro atoms. The largest absolute Gasteiger partial charge is 0.454 e. The number of fused-ring (bicyclic) bond motifs is 1. The highest BCUT2D eigenvalue weighted by molar-refractivity contribution is 5.58. The van der Waals surface area contributed by atoms with Gasteiger partial charge in [-0.05, 0) is 25.5 Å². The van der Waals surface area contributed by atoms with Crippen LogP contribution in [0.25, 0.3) is 0 Å². The van der Waals surface area contributed by atoms with Crippen molar-refractivity contribution in [3.63, 3.8) is 0 Å². The summed E-state index contributed by atoms with van der Waals surface area (Å²) >= 11 is 0. The number of ether oxygens (including phenoxy) is 2. The molecule has 1 aromatic rings. The Morgan fingerprint density at radius 3 is 3.05 bits per heavy atom. The van der Waals surface area contributed by atoms with E-state index < -0.39 is 0 Å². The molecule has 104 valence electrons. The molecular weight excluding hydrogens is 244 g/mol. The van der Waals surface area contributed by atoms with Gasteiger partial charge in [0, 0.05) is 30.9 Å². The Morgan fingerprint density at radius 2 is 2.21 bits per heavy atom. The molecule has 1 fully saturated rings. The third-order valence-electron chi connectivity index (χ3n) is 3.84. The van der Waals surface area contributed by atoms with E-state index in [1.165, 1.54) is 0 Å². The zero-order chi connectivity index (χ0) is 13.2. The Hall–Kier alpha value is -1.46. The maximum atomic E-state index is 9.59. The Morgan fingerprint density at radius 1 is 1.37 bits per heavy atom. The number of nitrogens with zero attached hydrogens (tertiary/aromatic N) is 1. The van der Waals surface area contributed by atoms with Crippen LogP contribution in [0.2, 0.25) is 0 Å². The monoisotopic (exact) mass is 264 g/mol. The van der Waals surface area contributed by atoms with Crippen LogP contribution >= 0.6 is 0 Å². The smallest absolute Gasteiger partial charge is 0.231 e. The molecule has 2 atom stereocenters. The molecule has 0 aliphatic carbocycles. The number of rotatable bonds is 2. The Balaban J connectivity index is 1.86. The molecule has 1 saturated heterocycles. The third kappa shape index (κ3) is 2.48. The topological polar surface area (TPSA) is 54.0 Å². The van der Waals surface area contributed by atoms with Crippen LogP contribution < -0.4 is 19.7 Å². The number of nitrogens with one attached hydrogen (secondary N) is 1. The fraction of sp³-hybridized carbons (Fsp3) is 0.571. The van der Waals surface area contributed by atoms with Crippen LogP contribution in [0.3, 0.4) is 0 Å². The number of hydrogen-bond donors (Lipinski definition) is 2. The summed E-state index contributed by atoms with van der Waals surface area (Å²) in [4.78, 5) is 2.25. The van der Waals surface area contributed by atoms with Gasteiger partial charge in [0.15, 0.2) is 11.5 Å². The lowest BCUT2D eigenvalue weighted by molar-refractivity contribution is 0.174. The van der Waals surface area contributed by atoms with Gasteiger partial charge in [-0.15, -0.1) is 0 Å². The fourth-order valence-corrected chi connectivity index (χ4v) is 2.63. The average Bonchev–Trinajstić information content (AvgIpc) is 2.81. The summed E-state index contributed by atoms with van der Waals surface area (Å²) in [6, 6.07) is 6.56. The lowest BCUT2D eigenvalue weighted by Crippen LogP contribution is -2.42. The van der Waals surface area contributed by atoms with Gasteiger partial charge in [-0.25, -0.2) is 0 Å². The quantitative estimate of drug-likeness (QED) is 0.833. The van der Waals surface area contributed by atoms with Crippen molar-refractivity contribution in [3.8, 4) is 11.5 Å². The molecule has 1 aromatic carbocycles. The molecule has 0 aromatic heterocycles. The van der Waals surface area contributed by atoms with Crippen molar-refractivity contribution < 1.29 is 14.6 Å². The highest BCUT2D eigenvalue weighted by Crippen LogP contribution is 2.36. The summed E-state index contributed by atoms with van der Waals surface area (Å²) in [6.45, 7) is 4.34. The van der Waals surface area contributed by atoms with Crippen LogP contribution in [-0.4, -0.2) is 43.7 Å². The molecule has 19 heavy (non-hydrogen) atoms. The Kier molecular flexibility index (Phi) is 3.48. The zero-order valence-corrected chi connectivity index (χ0v) is 11.1. The predicted octanol–water partition coefficient (Wildman–Crippen LogP) is 0.964. The minimum Gasteiger partial charge on any atom is -0.454 e. The fourth-order valence-electron chi connectivity index (χ4n) is 2.63. The molecule has 0 bridgehead atoms. The minimum absolute atomic E-state index is 0.102.